The fraction of sp³-hybridized carbons (Fsp3) is 0.167. The third-order valence-corrected chi connectivity index (χ3v) is 5.10. The van der Waals surface area contributed by atoms with Crippen LogP contribution in [0.15, 0.2) is 78.9 Å². The second kappa shape index (κ2) is 9.39. The van der Waals surface area contributed by atoms with Gasteiger partial charge in [-0.3, -0.25) is 4.79 Å². The molecule has 0 saturated carbocycles. The summed E-state index contributed by atoms with van der Waals surface area (Å²) in [6.45, 7) is 1.96. The van der Waals surface area contributed by atoms with Gasteiger partial charge in [0.2, 0.25) is 0 Å². The average Bonchev–Trinajstić information content (AvgIpc) is 2.73. The van der Waals surface area contributed by atoms with Crippen LogP contribution in [0.2, 0.25) is 5.02 Å². The van der Waals surface area contributed by atoms with Crippen LogP contribution in [-0.2, 0) is 4.79 Å². The quantitative estimate of drug-likeness (QED) is 0.552. The molecule has 1 amide bonds. The maximum atomic E-state index is 12.6. The lowest BCUT2D eigenvalue weighted by Crippen LogP contribution is -2.41. The highest BCUT2D eigenvalue weighted by Crippen LogP contribution is 2.24. The minimum absolute atomic E-state index is 0.00260. The van der Waals surface area contributed by atoms with Crippen molar-refractivity contribution in [2.24, 2.45) is 0 Å². The molecule has 0 aliphatic heterocycles. The maximum absolute atomic E-state index is 12.6. The monoisotopic (exact) mass is 407 g/mol. The molecule has 0 spiro atoms. The van der Waals surface area contributed by atoms with E-state index in [2.05, 4.69) is 5.32 Å². The van der Waals surface area contributed by atoms with Gasteiger partial charge in [0.1, 0.15) is 6.04 Å². The van der Waals surface area contributed by atoms with Crippen LogP contribution in [0.1, 0.15) is 35.2 Å². The number of carbonyl (C=O) groups excluding carboxylic acids is 1. The summed E-state index contributed by atoms with van der Waals surface area (Å²) in [7, 11) is 0. The molecule has 29 heavy (non-hydrogen) atoms. The number of halogens is 1. The number of aliphatic carboxylic acids is 1. The van der Waals surface area contributed by atoms with Crippen molar-refractivity contribution >= 4 is 23.5 Å². The highest BCUT2D eigenvalue weighted by atomic mass is 35.5. The fourth-order valence-corrected chi connectivity index (χ4v) is 3.41. The topological polar surface area (TPSA) is 66.4 Å². The van der Waals surface area contributed by atoms with E-state index in [0.717, 1.165) is 16.7 Å². The molecule has 0 unspecified atom stereocenters. The maximum Gasteiger partial charge on any atom is 0.326 e. The number of rotatable bonds is 7. The largest absolute Gasteiger partial charge is 0.480 e. The van der Waals surface area contributed by atoms with E-state index in [0.29, 0.717) is 17.0 Å². The van der Waals surface area contributed by atoms with Gasteiger partial charge in [0.15, 0.2) is 0 Å². The van der Waals surface area contributed by atoms with Gasteiger partial charge < -0.3 is 10.4 Å². The molecule has 0 aliphatic rings. The predicted octanol–water partition coefficient (Wildman–Crippen LogP) is 5.38. The Balaban J connectivity index is 1.69. The lowest BCUT2D eigenvalue weighted by atomic mass is 9.93. The van der Waals surface area contributed by atoms with Gasteiger partial charge in [0.05, 0.1) is 0 Å². The van der Waals surface area contributed by atoms with Gasteiger partial charge in [-0.1, -0.05) is 73.1 Å². The van der Waals surface area contributed by atoms with E-state index >= 15 is 0 Å². The SMILES string of the molecule is C[C@@H](C[C@H](NC(=O)c1ccc(-c2cccc(Cl)c2)cc1)C(=O)O)c1ccccc1. The summed E-state index contributed by atoms with van der Waals surface area (Å²) in [6.07, 6.45) is 0.311. The molecule has 3 aromatic carbocycles. The van der Waals surface area contributed by atoms with Crippen molar-refractivity contribution in [3.05, 3.63) is 95.0 Å². The van der Waals surface area contributed by atoms with Crippen molar-refractivity contribution in [1.29, 1.82) is 0 Å². The molecule has 148 valence electrons. The molecule has 0 heterocycles. The van der Waals surface area contributed by atoms with E-state index in [-0.39, 0.29) is 5.92 Å². The molecule has 0 fully saturated rings. The second-order valence-corrected chi connectivity index (χ2v) is 7.44. The summed E-state index contributed by atoms with van der Waals surface area (Å²) >= 11 is 6.03. The Morgan fingerprint density at radius 2 is 1.62 bits per heavy atom. The second-order valence-electron chi connectivity index (χ2n) is 7.00. The zero-order chi connectivity index (χ0) is 20.8. The van der Waals surface area contributed by atoms with Gasteiger partial charge in [-0.05, 0) is 53.3 Å². The van der Waals surface area contributed by atoms with E-state index in [1.54, 1.807) is 18.2 Å². The fourth-order valence-electron chi connectivity index (χ4n) is 3.22. The van der Waals surface area contributed by atoms with Crippen molar-refractivity contribution in [1.82, 2.24) is 5.32 Å². The summed E-state index contributed by atoms with van der Waals surface area (Å²) in [4.78, 5) is 24.3. The first kappa shape index (κ1) is 20.6. The molecular formula is C24H22ClNO3. The summed E-state index contributed by atoms with van der Waals surface area (Å²) in [5, 5.41) is 12.8. The number of hydrogen-bond acceptors (Lipinski definition) is 2. The molecule has 0 saturated heterocycles. The molecule has 0 radical (unpaired) electrons. The van der Waals surface area contributed by atoms with Crippen LogP contribution in [0, 0.1) is 0 Å². The van der Waals surface area contributed by atoms with Crippen LogP contribution in [0.4, 0.5) is 0 Å². The third-order valence-electron chi connectivity index (χ3n) is 4.87. The van der Waals surface area contributed by atoms with Crippen LogP contribution >= 0.6 is 11.6 Å². The van der Waals surface area contributed by atoms with Crippen LogP contribution in [0.3, 0.4) is 0 Å². The van der Waals surface area contributed by atoms with E-state index < -0.39 is 17.9 Å². The number of nitrogens with one attached hydrogen (secondary N) is 1. The Bertz CT molecular complexity index is 987. The van der Waals surface area contributed by atoms with Crippen molar-refractivity contribution in [2.45, 2.75) is 25.3 Å². The number of carboxylic acids is 1. The van der Waals surface area contributed by atoms with E-state index in [1.807, 2.05) is 67.6 Å². The van der Waals surface area contributed by atoms with Crippen LogP contribution in [0.5, 0.6) is 0 Å². The van der Waals surface area contributed by atoms with Crippen molar-refractivity contribution < 1.29 is 14.7 Å². The van der Waals surface area contributed by atoms with Gasteiger partial charge >= 0.3 is 5.97 Å². The molecule has 4 nitrogen and oxygen atoms in total. The first-order valence-electron chi connectivity index (χ1n) is 9.38. The van der Waals surface area contributed by atoms with Crippen molar-refractivity contribution in [3.8, 4) is 11.1 Å². The number of amides is 1. The molecule has 3 aromatic rings. The number of carboxylic acid groups (broad SMARTS) is 1. The number of hydrogen-bond donors (Lipinski definition) is 2. The van der Waals surface area contributed by atoms with Crippen LogP contribution < -0.4 is 5.32 Å². The molecule has 0 bridgehead atoms. The number of benzene rings is 3. The van der Waals surface area contributed by atoms with Crippen LogP contribution in [0.25, 0.3) is 11.1 Å². The normalized spacial score (nSPS) is 12.8. The van der Waals surface area contributed by atoms with Gasteiger partial charge in [-0.25, -0.2) is 4.79 Å². The average molecular weight is 408 g/mol. The smallest absolute Gasteiger partial charge is 0.326 e. The molecule has 0 aromatic heterocycles. The highest BCUT2D eigenvalue weighted by molar-refractivity contribution is 6.30. The first-order chi connectivity index (χ1) is 13.9. The molecule has 2 N–H and O–H groups in total. The summed E-state index contributed by atoms with van der Waals surface area (Å²) in [6, 6.07) is 23.2. The van der Waals surface area contributed by atoms with Crippen molar-refractivity contribution in [3.63, 3.8) is 0 Å². The van der Waals surface area contributed by atoms with E-state index in [1.165, 1.54) is 0 Å². The minimum Gasteiger partial charge on any atom is -0.480 e. The van der Waals surface area contributed by atoms with E-state index in [4.69, 9.17) is 11.6 Å². The first-order valence-corrected chi connectivity index (χ1v) is 9.76. The Morgan fingerprint density at radius 3 is 2.24 bits per heavy atom. The van der Waals surface area contributed by atoms with Crippen molar-refractivity contribution in [2.75, 3.05) is 0 Å². The Hall–Kier alpha value is -3.11. The Kier molecular flexibility index (Phi) is 6.68. The zero-order valence-corrected chi connectivity index (χ0v) is 16.8. The van der Waals surface area contributed by atoms with Gasteiger partial charge in [-0.2, -0.15) is 0 Å². The molecular weight excluding hydrogens is 386 g/mol. The van der Waals surface area contributed by atoms with Gasteiger partial charge in [0.25, 0.3) is 5.91 Å². The zero-order valence-electron chi connectivity index (χ0n) is 16.0. The molecule has 3 rings (SSSR count). The van der Waals surface area contributed by atoms with Crippen LogP contribution in [-0.4, -0.2) is 23.0 Å². The third kappa shape index (κ3) is 5.46. The lowest BCUT2D eigenvalue weighted by molar-refractivity contribution is -0.139. The summed E-state index contributed by atoms with van der Waals surface area (Å²) in [5.41, 5.74) is 3.33. The van der Waals surface area contributed by atoms with E-state index in [9.17, 15) is 14.7 Å². The molecule has 0 aliphatic carbocycles. The Morgan fingerprint density at radius 1 is 0.931 bits per heavy atom. The summed E-state index contributed by atoms with van der Waals surface area (Å²) < 4.78 is 0. The molecule has 2 atom stereocenters. The standard InChI is InChI=1S/C24H22ClNO3/c1-16(17-6-3-2-4-7-17)14-22(24(28)29)26-23(27)19-12-10-18(11-13-19)20-8-5-9-21(25)15-20/h2-13,15-16,22H,14H2,1H3,(H,26,27)(H,28,29)/t16-,22-/m0/s1. The number of carbonyl (C=O) groups is 2. The highest BCUT2D eigenvalue weighted by Gasteiger charge is 2.23. The minimum atomic E-state index is -1.04. The molecule has 5 heteroatoms. The Labute approximate surface area is 175 Å². The van der Waals surface area contributed by atoms with Gasteiger partial charge in [-0.15, -0.1) is 0 Å². The summed E-state index contributed by atoms with van der Waals surface area (Å²) in [5.74, 6) is -1.45. The lowest BCUT2D eigenvalue weighted by Gasteiger charge is -2.19. The predicted molar refractivity (Wildman–Crippen MR) is 115 cm³/mol. The van der Waals surface area contributed by atoms with Gasteiger partial charge in [0, 0.05) is 10.6 Å².